The zero-order valence-electron chi connectivity index (χ0n) is 14.2. The summed E-state index contributed by atoms with van der Waals surface area (Å²) in [6.07, 6.45) is 0. The van der Waals surface area contributed by atoms with Crippen LogP contribution in [-0.2, 0) is 0 Å². The number of anilines is 2. The molecule has 1 N–H and O–H groups in total. The molecule has 2 heterocycles. The van der Waals surface area contributed by atoms with E-state index in [1.165, 1.54) is 0 Å². The molecule has 1 aliphatic rings. The lowest BCUT2D eigenvalue weighted by molar-refractivity contribution is 0.102. The van der Waals surface area contributed by atoms with Gasteiger partial charge in [-0.05, 0) is 43.8 Å². The molecule has 0 aliphatic carbocycles. The van der Waals surface area contributed by atoms with Gasteiger partial charge in [-0.25, -0.2) is 4.98 Å². The first-order valence-corrected chi connectivity index (χ1v) is 8.87. The topological polar surface area (TPSA) is 48.5 Å². The summed E-state index contributed by atoms with van der Waals surface area (Å²) in [5.41, 5.74) is 1.54. The number of aryl methyl sites for hydroxylation is 1. The number of pyridine rings is 1. The molecule has 132 valence electrons. The van der Waals surface area contributed by atoms with Gasteiger partial charge in [0.15, 0.2) is 0 Å². The highest BCUT2D eigenvalue weighted by atomic mass is 35.5. The number of nitrogens with zero attached hydrogens (tertiary/aromatic N) is 3. The zero-order chi connectivity index (χ0) is 18.0. The molecular weight excluding hydrogens is 359 g/mol. The molecule has 7 heteroatoms. The van der Waals surface area contributed by atoms with Crippen LogP contribution in [0.1, 0.15) is 15.9 Å². The third-order valence-corrected chi connectivity index (χ3v) is 5.04. The van der Waals surface area contributed by atoms with Crippen LogP contribution in [0.4, 0.5) is 11.6 Å². The van der Waals surface area contributed by atoms with Gasteiger partial charge in [0.2, 0.25) is 0 Å². The molecule has 1 aliphatic heterocycles. The number of halogens is 2. The van der Waals surface area contributed by atoms with Gasteiger partial charge in [0.05, 0.1) is 10.0 Å². The first-order chi connectivity index (χ1) is 11.9. The summed E-state index contributed by atoms with van der Waals surface area (Å²) in [5, 5.41) is 3.60. The van der Waals surface area contributed by atoms with Crippen LogP contribution in [0.3, 0.4) is 0 Å². The lowest BCUT2D eigenvalue weighted by Crippen LogP contribution is -2.45. The Bertz CT molecular complexity index is 789. The normalized spacial score (nSPS) is 15.3. The molecule has 1 fully saturated rings. The number of rotatable bonds is 3. The fraction of sp³-hybridized carbons (Fsp3) is 0.333. The third kappa shape index (κ3) is 4.24. The quantitative estimate of drug-likeness (QED) is 0.884. The van der Waals surface area contributed by atoms with Gasteiger partial charge < -0.3 is 15.1 Å². The molecule has 3 rings (SSSR count). The second-order valence-corrected chi connectivity index (χ2v) is 7.02. The van der Waals surface area contributed by atoms with Crippen molar-refractivity contribution in [3.05, 3.63) is 51.5 Å². The Hall–Kier alpha value is -1.82. The van der Waals surface area contributed by atoms with Crippen molar-refractivity contribution in [1.29, 1.82) is 0 Å². The number of nitrogens with one attached hydrogen (secondary N) is 1. The minimum absolute atomic E-state index is 0.265. The van der Waals surface area contributed by atoms with E-state index >= 15 is 0 Å². The molecule has 2 aromatic rings. The molecule has 0 saturated carbocycles. The van der Waals surface area contributed by atoms with Crippen molar-refractivity contribution in [2.24, 2.45) is 0 Å². The summed E-state index contributed by atoms with van der Waals surface area (Å²) in [6.45, 7) is 5.89. The zero-order valence-corrected chi connectivity index (χ0v) is 15.7. The van der Waals surface area contributed by atoms with Crippen LogP contribution in [0.25, 0.3) is 0 Å². The number of aromatic nitrogens is 1. The second-order valence-electron chi connectivity index (χ2n) is 6.21. The van der Waals surface area contributed by atoms with E-state index in [0.717, 1.165) is 37.6 Å². The largest absolute Gasteiger partial charge is 0.354 e. The van der Waals surface area contributed by atoms with Crippen molar-refractivity contribution in [2.45, 2.75) is 6.92 Å². The van der Waals surface area contributed by atoms with Crippen LogP contribution < -0.4 is 10.2 Å². The van der Waals surface area contributed by atoms with Crippen LogP contribution in [-0.4, -0.2) is 49.0 Å². The van der Waals surface area contributed by atoms with Crippen LogP contribution in [0.2, 0.25) is 10.0 Å². The van der Waals surface area contributed by atoms with E-state index in [-0.39, 0.29) is 5.91 Å². The van der Waals surface area contributed by atoms with Gasteiger partial charge >= 0.3 is 0 Å². The minimum Gasteiger partial charge on any atom is -0.354 e. The summed E-state index contributed by atoms with van der Waals surface area (Å²) in [7, 11) is 2.12. The molecule has 1 aromatic heterocycles. The van der Waals surface area contributed by atoms with Crippen molar-refractivity contribution in [2.75, 3.05) is 43.4 Å². The first-order valence-electron chi connectivity index (χ1n) is 8.11. The van der Waals surface area contributed by atoms with Crippen molar-refractivity contribution in [3.8, 4) is 0 Å². The first kappa shape index (κ1) is 18.0. The van der Waals surface area contributed by atoms with Gasteiger partial charge in [0, 0.05) is 31.7 Å². The Labute approximate surface area is 157 Å². The predicted molar refractivity (Wildman–Crippen MR) is 103 cm³/mol. The highest BCUT2D eigenvalue weighted by Crippen LogP contribution is 2.24. The summed E-state index contributed by atoms with van der Waals surface area (Å²) in [5.74, 6) is 1.18. The van der Waals surface area contributed by atoms with Crippen molar-refractivity contribution < 1.29 is 4.79 Å². The molecule has 0 spiro atoms. The lowest BCUT2D eigenvalue weighted by atomic mass is 10.2. The maximum absolute atomic E-state index is 12.4. The van der Waals surface area contributed by atoms with Crippen LogP contribution >= 0.6 is 23.2 Å². The Morgan fingerprint density at radius 1 is 1.08 bits per heavy atom. The minimum atomic E-state index is -0.265. The number of carbonyl (C=O) groups is 1. The fourth-order valence-electron chi connectivity index (χ4n) is 2.75. The van der Waals surface area contributed by atoms with E-state index in [9.17, 15) is 4.79 Å². The van der Waals surface area contributed by atoms with E-state index < -0.39 is 0 Å². The van der Waals surface area contributed by atoms with Gasteiger partial charge in [-0.3, -0.25) is 4.79 Å². The van der Waals surface area contributed by atoms with E-state index in [0.29, 0.717) is 21.4 Å². The third-order valence-electron chi connectivity index (χ3n) is 4.30. The maximum Gasteiger partial charge on any atom is 0.256 e. The standard InChI is InChI=1S/C18H20Cl2N4O/c1-12-3-6-16(21-17(12)24-9-7-23(2)8-10-24)22-18(25)13-4-5-14(19)15(20)11-13/h3-6,11H,7-10H2,1-2H3,(H,21,22,25). The lowest BCUT2D eigenvalue weighted by Gasteiger charge is -2.34. The van der Waals surface area contributed by atoms with E-state index in [2.05, 4.69) is 27.1 Å². The van der Waals surface area contributed by atoms with Gasteiger partial charge in [0.25, 0.3) is 5.91 Å². The van der Waals surface area contributed by atoms with Gasteiger partial charge in [-0.1, -0.05) is 29.3 Å². The Kier molecular flexibility index (Phi) is 5.47. The number of hydrogen-bond donors (Lipinski definition) is 1. The van der Waals surface area contributed by atoms with E-state index in [1.54, 1.807) is 18.2 Å². The molecule has 0 radical (unpaired) electrons. The average Bonchev–Trinajstić information content (AvgIpc) is 2.60. The number of hydrogen-bond acceptors (Lipinski definition) is 4. The van der Waals surface area contributed by atoms with Crippen molar-refractivity contribution in [1.82, 2.24) is 9.88 Å². The number of piperazine rings is 1. The highest BCUT2D eigenvalue weighted by molar-refractivity contribution is 6.42. The summed E-state index contributed by atoms with van der Waals surface area (Å²) >= 11 is 11.9. The number of likely N-dealkylation sites (N-methyl/N-ethyl adjacent to an activating group) is 1. The molecule has 5 nitrogen and oxygen atoms in total. The smallest absolute Gasteiger partial charge is 0.256 e. The maximum atomic E-state index is 12.4. The fourth-order valence-corrected chi connectivity index (χ4v) is 3.05. The Morgan fingerprint density at radius 3 is 2.48 bits per heavy atom. The molecule has 1 amide bonds. The molecule has 1 saturated heterocycles. The number of carbonyl (C=O) groups excluding carboxylic acids is 1. The second kappa shape index (κ2) is 7.60. The predicted octanol–water partition coefficient (Wildman–Crippen LogP) is 3.70. The molecular formula is C18H20Cl2N4O. The van der Waals surface area contributed by atoms with Crippen molar-refractivity contribution in [3.63, 3.8) is 0 Å². The average molecular weight is 379 g/mol. The molecule has 0 bridgehead atoms. The number of amides is 1. The Morgan fingerprint density at radius 2 is 1.80 bits per heavy atom. The molecule has 1 aromatic carbocycles. The van der Waals surface area contributed by atoms with Gasteiger partial charge in [0.1, 0.15) is 11.6 Å². The Balaban J connectivity index is 1.77. The molecule has 0 atom stereocenters. The van der Waals surface area contributed by atoms with Gasteiger partial charge in [-0.15, -0.1) is 0 Å². The van der Waals surface area contributed by atoms with E-state index in [1.807, 2.05) is 19.1 Å². The SMILES string of the molecule is Cc1ccc(NC(=O)c2ccc(Cl)c(Cl)c2)nc1N1CCN(C)CC1. The van der Waals surface area contributed by atoms with Crippen LogP contribution in [0.5, 0.6) is 0 Å². The highest BCUT2D eigenvalue weighted by Gasteiger charge is 2.18. The van der Waals surface area contributed by atoms with Crippen LogP contribution in [0, 0.1) is 6.92 Å². The summed E-state index contributed by atoms with van der Waals surface area (Å²) < 4.78 is 0. The summed E-state index contributed by atoms with van der Waals surface area (Å²) in [4.78, 5) is 21.6. The van der Waals surface area contributed by atoms with Crippen molar-refractivity contribution >= 4 is 40.7 Å². The van der Waals surface area contributed by atoms with Gasteiger partial charge in [-0.2, -0.15) is 0 Å². The molecule has 25 heavy (non-hydrogen) atoms. The molecule has 0 unspecified atom stereocenters. The summed E-state index contributed by atoms with van der Waals surface area (Å²) in [6, 6.07) is 8.58. The van der Waals surface area contributed by atoms with Crippen LogP contribution in [0.15, 0.2) is 30.3 Å². The van der Waals surface area contributed by atoms with E-state index in [4.69, 9.17) is 23.2 Å². The number of benzene rings is 1. The monoisotopic (exact) mass is 378 g/mol.